The molecule has 0 aromatic rings. The number of halogens is 3. The molecular formula is C15H31Cl2FN2O. The van der Waals surface area contributed by atoms with E-state index in [4.69, 9.17) is 4.74 Å². The third-order valence-electron chi connectivity index (χ3n) is 4.39. The zero-order valence-electron chi connectivity index (χ0n) is 13.1. The standard InChI is InChI=1S/C15H29FN2O.2ClH/c1-13(16)6-10-19-12-14-3-2-9-18(11-14)15-4-7-17-8-5-15;;/h13-15,17H,2-12H2,1H3;2*1H. The Kier molecular flexibility index (Phi) is 12.1. The Hall–Kier alpha value is 0.390. The molecule has 1 N–H and O–H groups in total. The fraction of sp³-hybridized carbons (Fsp3) is 1.00. The highest BCUT2D eigenvalue weighted by atomic mass is 35.5. The summed E-state index contributed by atoms with van der Waals surface area (Å²) >= 11 is 0. The summed E-state index contributed by atoms with van der Waals surface area (Å²) in [5, 5.41) is 3.43. The van der Waals surface area contributed by atoms with Crippen molar-refractivity contribution in [3.63, 3.8) is 0 Å². The number of hydrogen-bond donors (Lipinski definition) is 1. The molecule has 0 aromatic heterocycles. The first-order chi connectivity index (χ1) is 9.25. The Morgan fingerprint density at radius 1 is 1.24 bits per heavy atom. The van der Waals surface area contributed by atoms with Crippen molar-refractivity contribution in [2.24, 2.45) is 5.92 Å². The van der Waals surface area contributed by atoms with Gasteiger partial charge in [-0.2, -0.15) is 0 Å². The van der Waals surface area contributed by atoms with E-state index in [-0.39, 0.29) is 24.8 Å². The molecule has 0 aromatic carbocycles. The second-order valence-electron chi connectivity index (χ2n) is 6.13. The summed E-state index contributed by atoms with van der Waals surface area (Å²) in [7, 11) is 0. The molecule has 2 unspecified atom stereocenters. The van der Waals surface area contributed by atoms with E-state index in [1.165, 1.54) is 38.8 Å². The number of rotatable bonds is 6. The van der Waals surface area contributed by atoms with Crippen molar-refractivity contribution in [3.8, 4) is 0 Å². The molecule has 2 heterocycles. The quantitative estimate of drug-likeness (QED) is 0.749. The number of hydrogen-bond acceptors (Lipinski definition) is 3. The summed E-state index contributed by atoms with van der Waals surface area (Å²) in [5.41, 5.74) is 0. The van der Waals surface area contributed by atoms with E-state index in [9.17, 15) is 4.39 Å². The summed E-state index contributed by atoms with van der Waals surface area (Å²) in [6, 6.07) is 0.773. The van der Waals surface area contributed by atoms with Gasteiger partial charge in [-0.1, -0.05) is 0 Å². The Labute approximate surface area is 141 Å². The monoisotopic (exact) mass is 344 g/mol. The van der Waals surface area contributed by atoms with Gasteiger partial charge in [-0.3, -0.25) is 4.90 Å². The fourth-order valence-corrected chi connectivity index (χ4v) is 3.23. The van der Waals surface area contributed by atoms with Gasteiger partial charge in [-0.15, -0.1) is 24.8 Å². The van der Waals surface area contributed by atoms with Gasteiger partial charge in [0, 0.05) is 25.6 Å². The number of piperidine rings is 2. The van der Waals surface area contributed by atoms with Crippen LogP contribution in [0.15, 0.2) is 0 Å². The Bertz CT molecular complexity index is 254. The lowest BCUT2D eigenvalue weighted by Crippen LogP contribution is -2.48. The molecule has 0 saturated carbocycles. The van der Waals surface area contributed by atoms with Crippen LogP contribution in [-0.4, -0.2) is 56.5 Å². The first-order valence-corrected chi connectivity index (χ1v) is 7.92. The van der Waals surface area contributed by atoms with Crippen molar-refractivity contribution in [2.45, 2.75) is 51.2 Å². The third-order valence-corrected chi connectivity index (χ3v) is 4.39. The second-order valence-corrected chi connectivity index (χ2v) is 6.13. The van der Waals surface area contributed by atoms with Crippen LogP contribution < -0.4 is 5.32 Å². The van der Waals surface area contributed by atoms with Gasteiger partial charge in [0.15, 0.2) is 0 Å². The van der Waals surface area contributed by atoms with Gasteiger partial charge >= 0.3 is 0 Å². The van der Waals surface area contributed by atoms with Gasteiger partial charge in [-0.25, -0.2) is 4.39 Å². The first kappa shape index (κ1) is 21.4. The van der Waals surface area contributed by atoms with Crippen LogP contribution in [0.4, 0.5) is 4.39 Å². The summed E-state index contributed by atoms with van der Waals surface area (Å²) in [6.07, 6.45) is 4.92. The third kappa shape index (κ3) is 7.98. The molecule has 3 nitrogen and oxygen atoms in total. The lowest BCUT2D eigenvalue weighted by Gasteiger charge is -2.40. The molecule has 2 fully saturated rings. The second kappa shape index (κ2) is 11.9. The molecule has 0 spiro atoms. The Morgan fingerprint density at radius 2 is 1.95 bits per heavy atom. The van der Waals surface area contributed by atoms with Gasteiger partial charge in [0.05, 0.1) is 12.8 Å². The van der Waals surface area contributed by atoms with E-state index in [0.29, 0.717) is 18.9 Å². The predicted molar refractivity (Wildman–Crippen MR) is 90.7 cm³/mol. The maximum atomic E-state index is 12.7. The van der Waals surface area contributed by atoms with Gasteiger partial charge < -0.3 is 10.1 Å². The molecule has 128 valence electrons. The van der Waals surface area contributed by atoms with Gasteiger partial charge in [-0.05, 0) is 58.2 Å². The van der Waals surface area contributed by atoms with Crippen LogP contribution in [0.1, 0.15) is 39.0 Å². The van der Waals surface area contributed by atoms with E-state index < -0.39 is 6.17 Å². The summed E-state index contributed by atoms with van der Waals surface area (Å²) < 4.78 is 18.3. The molecule has 21 heavy (non-hydrogen) atoms. The molecule has 0 amide bonds. The normalized spacial score (nSPS) is 25.7. The van der Waals surface area contributed by atoms with Crippen LogP contribution in [-0.2, 0) is 4.74 Å². The minimum absolute atomic E-state index is 0. The number of likely N-dealkylation sites (tertiary alicyclic amines) is 1. The maximum Gasteiger partial charge on any atom is 0.0995 e. The smallest absolute Gasteiger partial charge is 0.0995 e. The average molecular weight is 345 g/mol. The van der Waals surface area contributed by atoms with E-state index in [0.717, 1.165) is 25.7 Å². The molecule has 6 heteroatoms. The number of ether oxygens (including phenoxy) is 1. The Balaban J connectivity index is 0.00000200. The molecule has 0 aliphatic carbocycles. The molecule has 2 atom stereocenters. The molecule has 0 radical (unpaired) electrons. The zero-order chi connectivity index (χ0) is 13.5. The predicted octanol–water partition coefficient (Wildman–Crippen LogP) is 3.06. The number of nitrogens with one attached hydrogen (secondary N) is 1. The average Bonchev–Trinajstić information content (AvgIpc) is 2.45. The van der Waals surface area contributed by atoms with Crippen molar-refractivity contribution in [1.82, 2.24) is 10.2 Å². The van der Waals surface area contributed by atoms with E-state index in [1.807, 2.05) is 0 Å². The van der Waals surface area contributed by atoms with Crippen LogP contribution in [0.3, 0.4) is 0 Å². The first-order valence-electron chi connectivity index (χ1n) is 7.92. The van der Waals surface area contributed by atoms with Gasteiger partial charge in [0.2, 0.25) is 0 Å². The minimum atomic E-state index is -0.738. The van der Waals surface area contributed by atoms with Crippen LogP contribution in [0.25, 0.3) is 0 Å². The minimum Gasteiger partial charge on any atom is -0.381 e. The number of nitrogens with zero attached hydrogens (tertiary/aromatic N) is 1. The zero-order valence-corrected chi connectivity index (χ0v) is 14.7. The molecule has 2 aliphatic heterocycles. The van der Waals surface area contributed by atoms with Crippen molar-refractivity contribution in [2.75, 3.05) is 39.4 Å². The van der Waals surface area contributed by atoms with Crippen molar-refractivity contribution < 1.29 is 9.13 Å². The summed E-state index contributed by atoms with van der Waals surface area (Å²) in [6.45, 7) is 7.74. The highest BCUT2D eigenvalue weighted by molar-refractivity contribution is 5.85. The van der Waals surface area contributed by atoms with Crippen LogP contribution in [0, 0.1) is 5.92 Å². The fourth-order valence-electron chi connectivity index (χ4n) is 3.23. The lowest BCUT2D eigenvalue weighted by molar-refractivity contribution is 0.0346. The van der Waals surface area contributed by atoms with Gasteiger partial charge in [0.1, 0.15) is 0 Å². The highest BCUT2D eigenvalue weighted by Crippen LogP contribution is 2.22. The van der Waals surface area contributed by atoms with Crippen LogP contribution in [0.5, 0.6) is 0 Å². The largest absolute Gasteiger partial charge is 0.381 e. The molecule has 0 bridgehead atoms. The van der Waals surface area contributed by atoms with Crippen molar-refractivity contribution in [1.29, 1.82) is 0 Å². The molecule has 2 aliphatic rings. The maximum absolute atomic E-state index is 12.7. The Morgan fingerprint density at radius 3 is 2.62 bits per heavy atom. The summed E-state index contributed by atoms with van der Waals surface area (Å²) in [5.74, 6) is 0.651. The SMILES string of the molecule is CC(F)CCOCC1CCCN(C2CCNCC2)C1.Cl.Cl. The van der Waals surface area contributed by atoms with E-state index in [2.05, 4.69) is 10.2 Å². The van der Waals surface area contributed by atoms with Crippen molar-refractivity contribution in [3.05, 3.63) is 0 Å². The highest BCUT2D eigenvalue weighted by Gasteiger charge is 2.26. The van der Waals surface area contributed by atoms with E-state index >= 15 is 0 Å². The van der Waals surface area contributed by atoms with E-state index in [1.54, 1.807) is 6.92 Å². The molecule has 2 saturated heterocycles. The lowest BCUT2D eigenvalue weighted by atomic mass is 9.95. The van der Waals surface area contributed by atoms with Gasteiger partial charge in [0.25, 0.3) is 0 Å². The molecule has 2 rings (SSSR count). The molecular weight excluding hydrogens is 314 g/mol. The number of alkyl halides is 1. The van der Waals surface area contributed by atoms with Crippen LogP contribution >= 0.6 is 24.8 Å². The topological polar surface area (TPSA) is 24.5 Å². The summed E-state index contributed by atoms with van der Waals surface area (Å²) in [4.78, 5) is 2.66. The van der Waals surface area contributed by atoms with Crippen molar-refractivity contribution >= 4 is 24.8 Å². The van der Waals surface area contributed by atoms with Crippen LogP contribution in [0.2, 0.25) is 0 Å².